The van der Waals surface area contributed by atoms with Gasteiger partial charge in [-0.3, -0.25) is 19.2 Å². The van der Waals surface area contributed by atoms with Crippen LogP contribution < -0.4 is 5.32 Å². The van der Waals surface area contributed by atoms with E-state index in [1.807, 2.05) is 11.8 Å². The first kappa shape index (κ1) is 30.1. The number of halogens is 2. The molecule has 1 saturated carbocycles. The van der Waals surface area contributed by atoms with Crippen molar-refractivity contribution in [3.63, 3.8) is 0 Å². The average molecular weight is 627 g/mol. The van der Waals surface area contributed by atoms with Gasteiger partial charge in [0, 0.05) is 43.0 Å². The molecule has 2 fully saturated rings. The molecule has 0 spiro atoms. The van der Waals surface area contributed by atoms with Gasteiger partial charge in [0.25, 0.3) is 11.8 Å². The molecule has 0 bridgehead atoms. The first-order valence-electron chi connectivity index (χ1n) is 14.6. The van der Waals surface area contributed by atoms with Crippen LogP contribution >= 0.6 is 11.3 Å². The van der Waals surface area contributed by atoms with Crippen LogP contribution in [0.15, 0.2) is 36.1 Å². The molecule has 1 aliphatic carbocycles. The Morgan fingerprint density at radius 3 is 2.66 bits per heavy atom. The SMILES string of the molecule is CCO[C@H]1CC[C@H](n2cc(NC(=O)c3csc(-c4cnn(C(=O)CN5CCOCC5)c4)n3)c(-c3nc(F)ccc3F)n2)CC1. The van der Waals surface area contributed by atoms with Crippen LogP contribution in [0.25, 0.3) is 22.0 Å². The molecule has 44 heavy (non-hydrogen) atoms. The smallest absolute Gasteiger partial charge is 0.275 e. The fourth-order valence-electron chi connectivity index (χ4n) is 5.43. The Balaban J connectivity index is 1.19. The number of anilines is 1. The van der Waals surface area contributed by atoms with Crippen molar-refractivity contribution < 1.29 is 27.8 Å². The van der Waals surface area contributed by atoms with Crippen molar-refractivity contribution >= 4 is 28.8 Å². The first-order chi connectivity index (χ1) is 21.4. The summed E-state index contributed by atoms with van der Waals surface area (Å²) < 4.78 is 42.9. The van der Waals surface area contributed by atoms with Crippen LogP contribution in [0.2, 0.25) is 0 Å². The molecule has 0 radical (unpaired) electrons. The van der Waals surface area contributed by atoms with Crippen LogP contribution in [-0.4, -0.2) is 91.8 Å². The molecule has 12 nitrogen and oxygen atoms in total. The van der Waals surface area contributed by atoms with E-state index in [4.69, 9.17) is 9.47 Å². The maximum absolute atomic E-state index is 14.8. The summed E-state index contributed by atoms with van der Waals surface area (Å²) in [4.78, 5) is 36.2. The molecule has 1 N–H and O–H groups in total. The molecule has 1 amide bonds. The molecule has 0 unspecified atom stereocenters. The highest BCUT2D eigenvalue weighted by atomic mass is 32.1. The van der Waals surface area contributed by atoms with Gasteiger partial charge in [-0.25, -0.2) is 19.0 Å². The molecule has 4 aromatic heterocycles. The van der Waals surface area contributed by atoms with E-state index in [2.05, 4.69) is 25.5 Å². The van der Waals surface area contributed by atoms with Gasteiger partial charge in [-0.2, -0.15) is 14.6 Å². The fraction of sp³-hybridized carbons (Fsp3) is 0.448. The quantitative estimate of drug-likeness (QED) is 0.271. The number of thiazole rings is 1. The first-order valence-corrected chi connectivity index (χ1v) is 15.4. The Labute approximate surface area is 256 Å². The number of nitrogens with zero attached hydrogens (tertiary/aromatic N) is 7. The average Bonchev–Trinajstić information content (AvgIpc) is 3.80. The zero-order chi connectivity index (χ0) is 30.6. The van der Waals surface area contributed by atoms with Gasteiger partial charge in [-0.15, -0.1) is 11.3 Å². The molecule has 1 aliphatic heterocycles. The van der Waals surface area contributed by atoms with Crippen molar-refractivity contribution in [2.24, 2.45) is 0 Å². The molecule has 5 heterocycles. The van der Waals surface area contributed by atoms with Crippen molar-refractivity contribution in [1.29, 1.82) is 0 Å². The van der Waals surface area contributed by atoms with Crippen molar-refractivity contribution in [2.45, 2.75) is 44.8 Å². The lowest BCUT2D eigenvalue weighted by Crippen LogP contribution is -2.40. The van der Waals surface area contributed by atoms with Crippen LogP contribution in [0.1, 0.15) is 53.9 Å². The normalized spacial score (nSPS) is 19.2. The van der Waals surface area contributed by atoms with E-state index in [1.54, 1.807) is 22.5 Å². The van der Waals surface area contributed by atoms with Crippen molar-refractivity contribution in [1.82, 2.24) is 34.4 Å². The number of amides is 1. The highest BCUT2D eigenvalue weighted by molar-refractivity contribution is 7.13. The topological polar surface area (TPSA) is 129 Å². The van der Waals surface area contributed by atoms with Gasteiger partial charge in [-0.05, 0) is 44.7 Å². The summed E-state index contributed by atoms with van der Waals surface area (Å²) in [5.41, 5.74) is 0.621. The van der Waals surface area contributed by atoms with Crippen LogP contribution in [0.3, 0.4) is 0 Å². The van der Waals surface area contributed by atoms with Gasteiger partial charge in [0.15, 0.2) is 5.82 Å². The number of carbonyl (C=O) groups excluding carboxylic acids is 2. The zero-order valence-electron chi connectivity index (χ0n) is 24.1. The number of aromatic nitrogens is 6. The number of hydrogen-bond donors (Lipinski definition) is 1. The number of morpholine rings is 1. The third-order valence-electron chi connectivity index (χ3n) is 7.72. The van der Waals surface area contributed by atoms with Gasteiger partial charge < -0.3 is 14.8 Å². The predicted octanol–water partition coefficient (Wildman–Crippen LogP) is 4.29. The van der Waals surface area contributed by atoms with Gasteiger partial charge in [0.05, 0.1) is 43.8 Å². The van der Waals surface area contributed by atoms with Crippen LogP contribution in [0.5, 0.6) is 0 Å². The van der Waals surface area contributed by atoms with E-state index in [0.29, 0.717) is 43.5 Å². The number of nitrogens with one attached hydrogen (secondary N) is 1. The molecule has 4 aromatic rings. The predicted molar refractivity (Wildman–Crippen MR) is 157 cm³/mol. The summed E-state index contributed by atoms with van der Waals surface area (Å²) in [5.74, 6) is -2.36. The van der Waals surface area contributed by atoms with Crippen molar-refractivity contribution in [3.8, 4) is 22.0 Å². The molecule has 2 aliphatic rings. The second kappa shape index (κ2) is 13.4. The minimum absolute atomic E-state index is 0.00102. The van der Waals surface area contributed by atoms with E-state index in [0.717, 1.165) is 37.8 Å². The standard InChI is InChI=1S/C29H32F2N8O4S/c1-2-43-20-5-3-19(4-6-20)38-15-22(27(36-38)26-21(30)7-8-24(31)35-26)33-28(41)23-17-44-29(34-23)18-13-32-39(14-18)25(40)16-37-9-11-42-12-10-37/h7-8,13-15,17,19-20H,2-6,9-12,16H2,1H3,(H,33,41)/t19-,20-. The number of carbonyl (C=O) groups is 2. The van der Waals surface area contributed by atoms with Gasteiger partial charge >= 0.3 is 0 Å². The maximum atomic E-state index is 14.8. The molecular weight excluding hydrogens is 594 g/mol. The lowest BCUT2D eigenvalue weighted by molar-refractivity contribution is 0.0260. The maximum Gasteiger partial charge on any atom is 0.275 e. The van der Waals surface area contributed by atoms with E-state index in [9.17, 15) is 18.4 Å². The molecule has 0 atom stereocenters. The van der Waals surface area contributed by atoms with Crippen LogP contribution in [-0.2, 0) is 9.47 Å². The summed E-state index contributed by atoms with van der Waals surface area (Å²) >= 11 is 1.22. The summed E-state index contributed by atoms with van der Waals surface area (Å²) in [6.45, 7) is 5.38. The molecule has 0 aromatic carbocycles. The number of ether oxygens (including phenoxy) is 2. The molecule has 6 rings (SSSR count). The molecular formula is C29H32F2N8O4S. The molecule has 232 valence electrons. The second-order valence-corrected chi connectivity index (χ2v) is 11.5. The second-order valence-electron chi connectivity index (χ2n) is 10.7. The van der Waals surface area contributed by atoms with E-state index >= 15 is 0 Å². The summed E-state index contributed by atoms with van der Waals surface area (Å²) in [6.07, 6.45) is 8.19. The van der Waals surface area contributed by atoms with E-state index in [1.165, 1.54) is 22.2 Å². The Kier molecular flexibility index (Phi) is 9.16. The van der Waals surface area contributed by atoms with E-state index < -0.39 is 17.7 Å². The lowest BCUT2D eigenvalue weighted by Gasteiger charge is -2.28. The Bertz CT molecular complexity index is 1620. The third-order valence-corrected chi connectivity index (χ3v) is 8.61. The van der Waals surface area contributed by atoms with Crippen molar-refractivity contribution in [3.05, 3.63) is 53.6 Å². The van der Waals surface area contributed by atoms with Crippen LogP contribution in [0, 0.1) is 11.8 Å². The Hall–Kier alpha value is -3.92. The Morgan fingerprint density at radius 2 is 1.89 bits per heavy atom. The fourth-order valence-corrected chi connectivity index (χ4v) is 6.21. The van der Waals surface area contributed by atoms with Gasteiger partial charge in [-0.1, -0.05) is 0 Å². The largest absolute Gasteiger partial charge is 0.379 e. The number of rotatable bonds is 9. The van der Waals surface area contributed by atoms with Gasteiger partial charge in [0.1, 0.15) is 22.1 Å². The zero-order valence-corrected chi connectivity index (χ0v) is 24.9. The molecule has 15 heteroatoms. The summed E-state index contributed by atoms with van der Waals surface area (Å²) in [5, 5.41) is 13.6. The van der Waals surface area contributed by atoms with Crippen molar-refractivity contribution in [2.75, 3.05) is 44.8 Å². The number of pyridine rings is 1. The minimum atomic E-state index is -0.862. The van der Waals surface area contributed by atoms with E-state index in [-0.39, 0.29) is 47.4 Å². The number of hydrogen-bond acceptors (Lipinski definition) is 10. The van der Waals surface area contributed by atoms with Gasteiger partial charge in [0.2, 0.25) is 5.95 Å². The monoisotopic (exact) mass is 626 g/mol. The highest BCUT2D eigenvalue weighted by Crippen LogP contribution is 2.34. The third kappa shape index (κ3) is 6.75. The minimum Gasteiger partial charge on any atom is -0.379 e. The lowest BCUT2D eigenvalue weighted by atomic mass is 9.93. The van der Waals surface area contributed by atoms with Crippen LogP contribution in [0.4, 0.5) is 14.5 Å². The summed E-state index contributed by atoms with van der Waals surface area (Å²) in [7, 11) is 0. The molecule has 1 saturated heterocycles. The Morgan fingerprint density at radius 1 is 1.09 bits per heavy atom. The summed E-state index contributed by atoms with van der Waals surface area (Å²) in [6, 6.07) is 1.91. The highest BCUT2D eigenvalue weighted by Gasteiger charge is 2.27.